The number of halogens is 1. The largest absolute Gasteiger partial charge is 0.369 e. The quantitative estimate of drug-likeness (QED) is 0.721. The zero-order chi connectivity index (χ0) is 16.9. The summed E-state index contributed by atoms with van der Waals surface area (Å²) in [6.07, 6.45) is 7.15. The van der Waals surface area contributed by atoms with Gasteiger partial charge in [-0.05, 0) is 24.3 Å². The summed E-state index contributed by atoms with van der Waals surface area (Å²) in [7, 11) is 0. The van der Waals surface area contributed by atoms with Gasteiger partial charge in [-0.2, -0.15) is 0 Å². The predicted molar refractivity (Wildman–Crippen MR) is 104 cm³/mol. The van der Waals surface area contributed by atoms with Crippen LogP contribution in [0.1, 0.15) is 17.0 Å². The lowest BCUT2D eigenvalue weighted by Gasteiger charge is -2.20. The standard InChI is InChI=1S/C19H20N6.ClH/c1-2-8-22-15(3-1)6-12-23-19-16-13-21-11-7-17(16)24-18(25-19)14-4-9-20-10-5-14;/h1-5,8-10,21H,6-7,11-13H2,(H,23,24,25);1H. The summed E-state index contributed by atoms with van der Waals surface area (Å²) in [5, 5.41) is 6.89. The molecule has 0 aliphatic carbocycles. The van der Waals surface area contributed by atoms with Crippen molar-refractivity contribution < 1.29 is 0 Å². The second kappa shape index (κ2) is 8.69. The third kappa shape index (κ3) is 4.15. The smallest absolute Gasteiger partial charge is 0.161 e. The van der Waals surface area contributed by atoms with E-state index in [2.05, 4.69) is 20.6 Å². The van der Waals surface area contributed by atoms with Crippen molar-refractivity contribution in [3.8, 4) is 11.4 Å². The van der Waals surface area contributed by atoms with Gasteiger partial charge in [-0.3, -0.25) is 9.97 Å². The van der Waals surface area contributed by atoms with Gasteiger partial charge in [0.25, 0.3) is 0 Å². The van der Waals surface area contributed by atoms with Crippen LogP contribution in [0.5, 0.6) is 0 Å². The number of anilines is 1. The Labute approximate surface area is 158 Å². The lowest BCUT2D eigenvalue weighted by molar-refractivity contribution is 0.628. The molecule has 0 amide bonds. The van der Waals surface area contributed by atoms with E-state index in [-0.39, 0.29) is 12.4 Å². The fraction of sp³-hybridized carbons (Fsp3) is 0.263. The summed E-state index contributed by atoms with van der Waals surface area (Å²) in [4.78, 5) is 18.0. The van der Waals surface area contributed by atoms with Gasteiger partial charge in [0.15, 0.2) is 5.82 Å². The van der Waals surface area contributed by atoms with Crippen LogP contribution in [0.4, 0.5) is 5.82 Å². The summed E-state index contributed by atoms with van der Waals surface area (Å²) in [5.41, 5.74) is 4.36. The Morgan fingerprint density at radius 1 is 1.04 bits per heavy atom. The van der Waals surface area contributed by atoms with E-state index in [9.17, 15) is 0 Å². The molecule has 0 saturated heterocycles. The molecule has 3 aromatic heterocycles. The van der Waals surface area contributed by atoms with Crippen molar-refractivity contribution in [1.82, 2.24) is 25.3 Å². The van der Waals surface area contributed by atoms with Crippen LogP contribution >= 0.6 is 12.4 Å². The van der Waals surface area contributed by atoms with E-state index in [1.165, 1.54) is 5.56 Å². The Kier molecular flexibility index (Phi) is 6.09. The average molecular weight is 369 g/mol. The lowest BCUT2D eigenvalue weighted by atomic mass is 10.1. The van der Waals surface area contributed by atoms with E-state index in [1.807, 2.05) is 36.5 Å². The fourth-order valence-corrected chi connectivity index (χ4v) is 2.97. The molecule has 3 aromatic rings. The molecular weight excluding hydrogens is 348 g/mol. The van der Waals surface area contributed by atoms with Crippen molar-refractivity contribution in [3.63, 3.8) is 0 Å². The van der Waals surface area contributed by atoms with Crippen LogP contribution in [0.15, 0.2) is 48.9 Å². The van der Waals surface area contributed by atoms with Crippen molar-refractivity contribution in [2.24, 2.45) is 0 Å². The predicted octanol–water partition coefficient (Wildman–Crippen LogP) is 2.66. The Morgan fingerprint density at radius 2 is 1.92 bits per heavy atom. The minimum absolute atomic E-state index is 0. The van der Waals surface area contributed by atoms with Crippen LogP contribution in [0, 0.1) is 0 Å². The van der Waals surface area contributed by atoms with Crippen LogP contribution in [-0.4, -0.2) is 33.0 Å². The summed E-state index contributed by atoms with van der Waals surface area (Å²) in [6.45, 7) is 2.54. The van der Waals surface area contributed by atoms with Crippen molar-refractivity contribution in [2.45, 2.75) is 19.4 Å². The van der Waals surface area contributed by atoms with Crippen LogP contribution in [0.2, 0.25) is 0 Å². The molecule has 26 heavy (non-hydrogen) atoms. The second-order valence-electron chi connectivity index (χ2n) is 5.98. The Bertz CT molecular complexity index is 841. The van der Waals surface area contributed by atoms with Crippen LogP contribution in [0.25, 0.3) is 11.4 Å². The fourth-order valence-electron chi connectivity index (χ4n) is 2.97. The number of aromatic nitrogens is 4. The second-order valence-corrected chi connectivity index (χ2v) is 5.98. The minimum Gasteiger partial charge on any atom is -0.369 e. The molecule has 1 aliphatic heterocycles. The number of nitrogens with one attached hydrogen (secondary N) is 2. The van der Waals surface area contributed by atoms with Crippen molar-refractivity contribution in [3.05, 3.63) is 65.9 Å². The van der Waals surface area contributed by atoms with E-state index in [0.29, 0.717) is 0 Å². The maximum absolute atomic E-state index is 4.78. The van der Waals surface area contributed by atoms with Crippen LogP contribution in [-0.2, 0) is 19.4 Å². The first-order valence-corrected chi connectivity index (χ1v) is 8.55. The molecule has 0 spiro atoms. The minimum atomic E-state index is 0. The Morgan fingerprint density at radius 3 is 2.73 bits per heavy atom. The molecule has 7 heteroatoms. The van der Waals surface area contributed by atoms with Gasteiger partial charge in [-0.15, -0.1) is 12.4 Å². The molecule has 4 rings (SSSR count). The molecule has 0 saturated carbocycles. The highest BCUT2D eigenvalue weighted by molar-refractivity contribution is 5.85. The SMILES string of the molecule is Cl.c1ccc(CCNc2nc(-c3ccncc3)nc3c2CNCC3)nc1. The lowest BCUT2D eigenvalue weighted by Crippen LogP contribution is -2.27. The van der Waals surface area contributed by atoms with E-state index in [0.717, 1.165) is 61.1 Å². The zero-order valence-electron chi connectivity index (χ0n) is 14.4. The maximum atomic E-state index is 4.78. The highest BCUT2D eigenvalue weighted by atomic mass is 35.5. The van der Waals surface area contributed by atoms with Crippen molar-refractivity contribution >= 4 is 18.2 Å². The number of hydrogen-bond donors (Lipinski definition) is 2. The number of nitrogens with zero attached hydrogens (tertiary/aromatic N) is 4. The Balaban J connectivity index is 0.00000196. The van der Waals surface area contributed by atoms with Gasteiger partial charge in [0.05, 0.1) is 5.69 Å². The molecular formula is C19H21ClN6. The number of pyridine rings is 2. The molecule has 0 bridgehead atoms. The normalized spacial score (nSPS) is 12.8. The average Bonchev–Trinajstić information content (AvgIpc) is 2.69. The number of hydrogen-bond acceptors (Lipinski definition) is 6. The van der Waals surface area contributed by atoms with Gasteiger partial charge in [0, 0.05) is 67.9 Å². The Hall–Kier alpha value is -2.57. The van der Waals surface area contributed by atoms with Crippen LogP contribution < -0.4 is 10.6 Å². The van der Waals surface area contributed by atoms with Gasteiger partial charge in [-0.1, -0.05) is 6.07 Å². The van der Waals surface area contributed by atoms with Crippen LogP contribution in [0.3, 0.4) is 0 Å². The van der Waals surface area contributed by atoms with Gasteiger partial charge in [-0.25, -0.2) is 9.97 Å². The monoisotopic (exact) mass is 368 g/mol. The molecule has 0 radical (unpaired) electrons. The molecule has 1 aliphatic rings. The summed E-state index contributed by atoms with van der Waals surface area (Å²) in [6, 6.07) is 9.88. The third-order valence-electron chi connectivity index (χ3n) is 4.27. The van der Waals surface area contributed by atoms with Crippen molar-refractivity contribution in [2.75, 3.05) is 18.4 Å². The molecule has 0 fully saturated rings. The summed E-state index contributed by atoms with van der Waals surface area (Å²) < 4.78 is 0. The van der Waals surface area contributed by atoms with E-state index in [4.69, 9.17) is 9.97 Å². The van der Waals surface area contributed by atoms with E-state index >= 15 is 0 Å². The zero-order valence-corrected chi connectivity index (χ0v) is 15.2. The van der Waals surface area contributed by atoms with Gasteiger partial charge < -0.3 is 10.6 Å². The molecule has 0 atom stereocenters. The molecule has 4 heterocycles. The van der Waals surface area contributed by atoms with E-state index < -0.39 is 0 Å². The summed E-state index contributed by atoms with van der Waals surface area (Å²) in [5.74, 6) is 1.67. The van der Waals surface area contributed by atoms with Gasteiger partial charge in [0.2, 0.25) is 0 Å². The molecule has 2 N–H and O–H groups in total. The number of rotatable bonds is 5. The van der Waals surface area contributed by atoms with E-state index in [1.54, 1.807) is 12.4 Å². The number of fused-ring (bicyclic) bond motifs is 1. The first kappa shape index (κ1) is 18.2. The highest BCUT2D eigenvalue weighted by Gasteiger charge is 2.18. The molecule has 6 nitrogen and oxygen atoms in total. The van der Waals surface area contributed by atoms with Crippen molar-refractivity contribution in [1.29, 1.82) is 0 Å². The highest BCUT2D eigenvalue weighted by Crippen LogP contribution is 2.24. The first-order chi connectivity index (χ1) is 12.4. The maximum Gasteiger partial charge on any atom is 0.161 e. The summed E-state index contributed by atoms with van der Waals surface area (Å²) >= 11 is 0. The molecule has 0 unspecified atom stereocenters. The third-order valence-corrected chi connectivity index (χ3v) is 4.27. The van der Waals surface area contributed by atoms with Gasteiger partial charge >= 0.3 is 0 Å². The van der Waals surface area contributed by atoms with Gasteiger partial charge in [0.1, 0.15) is 5.82 Å². The molecule has 134 valence electrons. The topological polar surface area (TPSA) is 75.6 Å². The molecule has 0 aromatic carbocycles. The first-order valence-electron chi connectivity index (χ1n) is 8.55.